The van der Waals surface area contributed by atoms with Crippen LogP contribution in [0.3, 0.4) is 0 Å². The predicted octanol–water partition coefficient (Wildman–Crippen LogP) is 4.63. The van der Waals surface area contributed by atoms with Crippen molar-refractivity contribution in [3.8, 4) is 0 Å². The molecule has 0 unspecified atom stereocenters. The van der Waals surface area contributed by atoms with Crippen molar-refractivity contribution in [1.82, 2.24) is 14.9 Å². The van der Waals surface area contributed by atoms with E-state index < -0.39 is 0 Å². The summed E-state index contributed by atoms with van der Waals surface area (Å²) in [6.45, 7) is 0.652. The summed E-state index contributed by atoms with van der Waals surface area (Å²) in [6.07, 6.45) is 0.759. The Kier molecular flexibility index (Phi) is 7.16. The van der Waals surface area contributed by atoms with Crippen molar-refractivity contribution >= 4 is 69.3 Å². The lowest BCUT2D eigenvalue weighted by Crippen LogP contribution is -2.30. The fraction of sp³-hybridized carbons (Fsp3) is 0.111. The maximum absolute atomic E-state index is 11.9. The summed E-state index contributed by atoms with van der Waals surface area (Å²) < 4.78 is 3.67. The molecule has 144 valence electrons. The van der Waals surface area contributed by atoms with Gasteiger partial charge >= 0.3 is 0 Å². The first-order valence-electron chi connectivity index (χ1n) is 8.18. The molecular formula is C18H15Cl2N5OS2. The van der Waals surface area contributed by atoms with Crippen LogP contribution in [0.25, 0.3) is 0 Å². The minimum Gasteiger partial charge on any atom is -0.362 e. The van der Waals surface area contributed by atoms with E-state index in [1.54, 1.807) is 23.6 Å². The topological polar surface area (TPSA) is 78.9 Å². The van der Waals surface area contributed by atoms with Gasteiger partial charge in [0.05, 0.1) is 10.0 Å². The van der Waals surface area contributed by atoms with Gasteiger partial charge in [0.1, 0.15) is 0 Å². The molecule has 0 aliphatic heterocycles. The molecule has 1 aromatic heterocycles. The number of aromatic nitrogens is 2. The largest absolute Gasteiger partial charge is 0.362 e. The molecule has 1 heterocycles. The summed E-state index contributed by atoms with van der Waals surface area (Å²) in [5.41, 5.74) is 2.82. The molecule has 1 amide bonds. The Hall–Kier alpha value is -2.26. The first kappa shape index (κ1) is 20.5. The van der Waals surface area contributed by atoms with Crippen LogP contribution in [0.2, 0.25) is 10.0 Å². The van der Waals surface area contributed by atoms with Crippen molar-refractivity contribution in [1.29, 1.82) is 0 Å². The van der Waals surface area contributed by atoms with Gasteiger partial charge in [-0.1, -0.05) is 33.8 Å². The zero-order valence-electron chi connectivity index (χ0n) is 14.4. The Morgan fingerprint density at radius 3 is 2.39 bits per heavy atom. The zero-order chi connectivity index (χ0) is 19.9. The molecule has 0 spiro atoms. The fourth-order valence-corrected chi connectivity index (χ4v) is 3.26. The van der Waals surface area contributed by atoms with E-state index in [-0.39, 0.29) is 5.91 Å². The maximum atomic E-state index is 11.9. The van der Waals surface area contributed by atoms with Crippen LogP contribution < -0.4 is 16.0 Å². The van der Waals surface area contributed by atoms with E-state index >= 15 is 0 Å². The average Bonchev–Trinajstić information content (AvgIpc) is 3.21. The molecular weight excluding hydrogens is 437 g/mol. The van der Waals surface area contributed by atoms with Gasteiger partial charge < -0.3 is 16.0 Å². The normalized spacial score (nSPS) is 10.4. The molecule has 3 rings (SSSR count). The van der Waals surface area contributed by atoms with Crippen LogP contribution in [0.15, 0.2) is 47.8 Å². The van der Waals surface area contributed by atoms with E-state index in [9.17, 15) is 4.79 Å². The molecule has 2 aromatic carbocycles. The number of amides is 1. The lowest BCUT2D eigenvalue weighted by atomic mass is 10.1. The highest BCUT2D eigenvalue weighted by Gasteiger charge is 2.09. The lowest BCUT2D eigenvalue weighted by Gasteiger charge is -2.11. The fourth-order valence-electron chi connectivity index (χ4n) is 2.29. The highest BCUT2D eigenvalue weighted by Crippen LogP contribution is 2.22. The van der Waals surface area contributed by atoms with E-state index in [0.717, 1.165) is 29.2 Å². The number of carbonyl (C=O) groups is 1. The molecule has 28 heavy (non-hydrogen) atoms. The zero-order valence-corrected chi connectivity index (χ0v) is 17.6. The van der Waals surface area contributed by atoms with Crippen molar-refractivity contribution in [3.05, 3.63) is 69.1 Å². The van der Waals surface area contributed by atoms with Crippen LogP contribution in [-0.4, -0.2) is 27.2 Å². The Morgan fingerprint density at radius 1 is 1.04 bits per heavy atom. The molecule has 10 heteroatoms. The first-order valence-corrected chi connectivity index (χ1v) is 10.2. The standard InChI is InChI=1S/C18H15Cl2N5OS2/c19-14-6-1-11(9-15(14)20)7-8-21-18(27)23-13-4-2-12(3-5-13)22-17(26)16-10-28-25-24-16/h1-6,9-10H,7-8H2,(H,22,26)(H2,21,23,27). The lowest BCUT2D eigenvalue weighted by molar-refractivity contribution is 0.102. The van der Waals surface area contributed by atoms with Gasteiger partial charge in [-0.05, 0) is 72.1 Å². The number of hydrogen-bond donors (Lipinski definition) is 3. The highest BCUT2D eigenvalue weighted by atomic mass is 35.5. The number of hydrogen-bond acceptors (Lipinski definition) is 5. The molecule has 6 nitrogen and oxygen atoms in total. The molecule has 0 bridgehead atoms. The second kappa shape index (κ2) is 9.79. The number of nitrogens with zero attached hydrogens (tertiary/aromatic N) is 2. The van der Waals surface area contributed by atoms with Crippen LogP contribution in [0.1, 0.15) is 16.1 Å². The van der Waals surface area contributed by atoms with Crippen molar-refractivity contribution in [2.75, 3.05) is 17.2 Å². The van der Waals surface area contributed by atoms with Gasteiger partial charge in [0.2, 0.25) is 0 Å². The molecule has 0 aliphatic rings. The third-order valence-electron chi connectivity index (χ3n) is 3.68. The molecule has 0 saturated heterocycles. The van der Waals surface area contributed by atoms with Crippen LogP contribution >= 0.6 is 47.0 Å². The van der Waals surface area contributed by atoms with Gasteiger partial charge in [0, 0.05) is 23.3 Å². The van der Waals surface area contributed by atoms with Gasteiger partial charge in [0.25, 0.3) is 5.91 Å². The van der Waals surface area contributed by atoms with E-state index in [2.05, 4.69) is 25.5 Å². The van der Waals surface area contributed by atoms with Crippen LogP contribution in [0.4, 0.5) is 11.4 Å². The maximum Gasteiger partial charge on any atom is 0.277 e. The minimum absolute atomic E-state index is 0.291. The number of rotatable bonds is 6. The Balaban J connectivity index is 1.45. The first-order chi connectivity index (χ1) is 13.5. The summed E-state index contributed by atoms with van der Waals surface area (Å²) in [5, 5.41) is 15.9. The van der Waals surface area contributed by atoms with Gasteiger partial charge in [0.15, 0.2) is 10.8 Å². The van der Waals surface area contributed by atoms with E-state index in [1.807, 2.05) is 24.3 Å². The predicted molar refractivity (Wildman–Crippen MR) is 119 cm³/mol. The highest BCUT2D eigenvalue weighted by molar-refractivity contribution is 7.80. The molecule has 3 N–H and O–H groups in total. The number of anilines is 2. The smallest absolute Gasteiger partial charge is 0.277 e. The summed E-state index contributed by atoms with van der Waals surface area (Å²) in [6, 6.07) is 12.7. The number of benzene rings is 2. The van der Waals surface area contributed by atoms with Crippen molar-refractivity contribution < 1.29 is 4.79 Å². The second-order valence-electron chi connectivity index (χ2n) is 5.70. The van der Waals surface area contributed by atoms with Crippen LogP contribution in [-0.2, 0) is 6.42 Å². The number of halogens is 2. The van der Waals surface area contributed by atoms with E-state index in [0.29, 0.717) is 33.1 Å². The Morgan fingerprint density at radius 2 is 1.75 bits per heavy atom. The Labute approximate surface area is 181 Å². The van der Waals surface area contributed by atoms with Crippen LogP contribution in [0.5, 0.6) is 0 Å². The van der Waals surface area contributed by atoms with Gasteiger partial charge in [-0.25, -0.2) is 0 Å². The van der Waals surface area contributed by atoms with E-state index in [1.165, 1.54) is 0 Å². The molecule has 3 aromatic rings. The van der Waals surface area contributed by atoms with Crippen molar-refractivity contribution in [2.24, 2.45) is 0 Å². The molecule has 0 saturated carbocycles. The van der Waals surface area contributed by atoms with Crippen molar-refractivity contribution in [2.45, 2.75) is 6.42 Å². The molecule has 0 radical (unpaired) electrons. The third kappa shape index (κ3) is 5.87. The molecule has 0 atom stereocenters. The summed E-state index contributed by atoms with van der Waals surface area (Å²) in [4.78, 5) is 11.9. The summed E-state index contributed by atoms with van der Waals surface area (Å²) in [7, 11) is 0. The molecule has 0 fully saturated rings. The second-order valence-corrected chi connectivity index (χ2v) is 7.53. The van der Waals surface area contributed by atoms with Gasteiger partial charge in [-0.2, -0.15) is 0 Å². The van der Waals surface area contributed by atoms with Gasteiger partial charge in [-0.15, -0.1) is 5.10 Å². The van der Waals surface area contributed by atoms with Crippen LogP contribution in [0, 0.1) is 0 Å². The SMILES string of the molecule is O=C(Nc1ccc(NC(=S)NCCc2ccc(Cl)c(Cl)c2)cc1)c1csnn1. The Bertz CT molecular complexity index is 965. The average molecular weight is 452 g/mol. The van der Waals surface area contributed by atoms with Gasteiger partial charge in [-0.3, -0.25) is 4.79 Å². The molecule has 0 aliphatic carbocycles. The number of thiocarbonyl (C=S) groups is 1. The third-order valence-corrected chi connectivity index (χ3v) is 5.17. The monoisotopic (exact) mass is 451 g/mol. The summed E-state index contributed by atoms with van der Waals surface area (Å²) >= 11 is 18.4. The van der Waals surface area contributed by atoms with Crippen molar-refractivity contribution in [3.63, 3.8) is 0 Å². The number of nitrogens with one attached hydrogen (secondary N) is 3. The minimum atomic E-state index is -0.297. The summed E-state index contributed by atoms with van der Waals surface area (Å²) in [5.74, 6) is -0.297. The van der Waals surface area contributed by atoms with E-state index in [4.69, 9.17) is 35.4 Å². The number of carbonyl (C=O) groups excluding carboxylic acids is 1. The quantitative estimate of drug-likeness (QED) is 0.474.